The molecule has 0 spiro atoms. The van der Waals surface area contributed by atoms with Crippen molar-refractivity contribution >= 4 is 28.6 Å². The van der Waals surface area contributed by atoms with Gasteiger partial charge < -0.3 is 14.0 Å². The Bertz CT molecular complexity index is 1280. The van der Waals surface area contributed by atoms with E-state index in [1.807, 2.05) is 53.1 Å². The standard InChI is InChI=1S/C23H20N4O5/c1-31-20-11-4-5-12-21(20)32-14-13-26-19-10-3-2-9-18(19)24-23(26)25-22(28)16-7-6-8-17(15-16)27(29)30/h2-12,15H,13-14H2,1H3,(H,24,25,28). The number of non-ortho nitro benzene ring substituents is 1. The Balaban J connectivity index is 1.57. The minimum Gasteiger partial charge on any atom is -0.493 e. The van der Waals surface area contributed by atoms with E-state index in [1.165, 1.54) is 24.3 Å². The Kier molecular flexibility index (Phi) is 5.98. The average Bonchev–Trinajstić information content (AvgIpc) is 3.16. The molecule has 0 fully saturated rings. The smallest absolute Gasteiger partial charge is 0.270 e. The number of nitrogens with one attached hydrogen (secondary N) is 1. The van der Waals surface area contributed by atoms with Crippen LogP contribution in [0.15, 0.2) is 72.8 Å². The summed E-state index contributed by atoms with van der Waals surface area (Å²) in [5.74, 6) is 1.08. The molecule has 0 bridgehead atoms. The molecule has 1 aromatic heterocycles. The van der Waals surface area contributed by atoms with Crippen LogP contribution in [0.3, 0.4) is 0 Å². The molecule has 9 heteroatoms. The lowest BCUT2D eigenvalue weighted by molar-refractivity contribution is -0.384. The molecule has 0 saturated carbocycles. The fourth-order valence-electron chi connectivity index (χ4n) is 3.32. The lowest BCUT2D eigenvalue weighted by atomic mass is 10.2. The zero-order valence-electron chi connectivity index (χ0n) is 17.2. The second kappa shape index (κ2) is 9.17. The molecule has 162 valence electrons. The normalized spacial score (nSPS) is 10.7. The zero-order valence-corrected chi connectivity index (χ0v) is 17.2. The van der Waals surface area contributed by atoms with Crippen LogP contribution in [0.2, 0.25) is 0 Å². The van der Waals surface area contributed by atoms with Crippen LogP contribution in [-0.2, 0) is 6.54 Å². The predicted octanol–water partition coefficient (Wildman–Crippen LogP) is 4.28. The van der Waals surface area contributed by atoms with Gasteiger partial charge in [0.05, 0.1) is 29.6 Å². The molecule has 9 nitrogen and oxygen atoms in total. The summed E-state index contributed by atoms with van der Waals surface area (Å²) in [7, 11) is 1.58. The number of aromatic nitrogens is 2. The van der Waals surface area contributed by atoms with E-state index in [9.17, 15) is 14.9 Å². The highest BCUT2D eigenvalue weighted by atomic mass is 16.6. The highest BCUT2D eigenvalue weighted by molar-refractivity contribution is 6.04. The van der Waals surface area contributed by atoms with E-state index in [0.29, 0.717) is 36.1 Å². The molecule has 0 aliphatic heterocycles. The number of methoxy groups -OCH3 is 1. The van der Waals surface area contributed by atoms with Gasteiger partial charge in [-0.3, -0.25) is 20.2 Å². The number of hydrogen-bond donors (Lipinski definition) is 1. The van der Waals surface area contributed by atoms with E-state index >= 15 is 0 Å². The molecule has 1 heterocycles. The summed E-state index contributed by atoms with van der Waals surface area (Å²) in [4.78, 5) is 27.8. The maximum atomic E-state index is 12.8. The van der Waals surface area contributed by atoms with Gasteiger partial charge in [0.25, 0.3) is 11.6 Å². The quantitative estimate of drug-likeness (QED) is 0.329. The van der Waals surface area contributed by atoms with Crippen LogP contribution in [-0.4, -0.2) is 34.1 Å². The number of amides is 1. The number of ether oxygens (including phenoxy) is 2. The number of nitrogens with zero attached hydrogens (tertiary/aromatic N) is 3. The van der Waals surface area contributed by atoms with Gasteiger partial charge in [0.15, 0.2) is 11.5 Å². The van der Waals surface area contributed by atoms with E-state index in [1.54, 1.807) is 7.11 Å². The van der Waals surface area contributed by atoms with E-state index in [2.05, 4.69) is 10.3 Å². The highest BCUT2D eigenvalue weighted by Gasteiger charge is 2.16. The Labute approximate surface area is 183 Å². The minimum atomic E-state index is -0.540. The third-order valence-electron chi connectivity index (χ3n) is 4.84. The SMILES string of the molecule is COc1ccccc1OCCn1c(NC(=O)c2cccc([N+](=O)[O-])c2)nc2ccccc21. The molecule has 1 N–H and O–H groups in total. The third kappa shape index (κ3) is 4.36. The first-order chi connectivity index (χ1) is 15.6. The first-order valence-electron chi connectivity index (χ1n) is 9.83. The number of anilines is 1. The Morgan fingerprint density at radius 2 is 1.81 bits per heavy atom. The largest absolute Gasteiger partial charge is 0.493 e. The van der Waals surface area contributed by atoms with Gasteiger partial charge in [-0.15, -0.1) is 0 Å². The van der Waals surface area contributed by atoms with Crippen molar-refractivity contribution in [3.8, 4) is 11.5 Å². The molecule has 32 heavy (non-hydrogen) atoms. The van der Waals surface area contributed by atoms with Crippen molar-refractivity contribution in [2.75, 3.05) is 19.0 Å². The van der Waals surface area contributed by atoms with Crippen LogP contribution in [0.25, 0.3) is 11.0 Å². The number of carbonyl (C=O) groups is 1. The highest BCUT2D eigenvalue weighted by Crippen LogP contribution is 2.26. The van der Waals surface area contributed by atoms with Crippen molar-refractivity contribution in [3.63, 3.8) is 0 Å². The summed E-state index contributed by atoms with van der Waals surface area (Å²) in [6.45, 7) is 0.712. The van der Waals surface area contributed by atoms with Crippen molar-refractivity contribution in [2.45, 2.75) is 6.54 Å². The minimum absolute atomic E-state index is 0.156. The van der Waals surface area contributed by atoms with Crippen LogP contribution >= 0.6 is 0 Å². The molecule has 0 aliphatic rings. The maximum absolute atomic E-state index is 12.8. The average molecular weight is 432 g/mol. The maximum Gasteiger partial charge on any atom is 0.270 e. The Hall–Kier alpha value is -4.40. The monoisotopic (exact) mass is 432 g/mol. The summed E-state index contributed by atoms with van der Waals surface area (Å²) >= 11 is 0. The van der Waals surface area contributed by atoms with Gasteiger partial charge in [0, 0.05) is 17.7 Å². The summed E-state index contributed by atoms with van der Waals surface area (Å²) in [5.41, 5.74) is 1.55. The topological polar surface area (TPSA) is 109 Å². The second-order valence-electron chi connectivity index (χ2n) is 6.84. The van der Waals surface area contributed by atoms with Gasteiger partial charge in [-0.2, -0.15) is 0 Å². The first-order valence-corrected chi connectivity index (χ1v) is 9.83. The van der Waals surface area contributed by atoms with Crippen molar-refractivity contribution in [3.05, 3.63) is 88.5 Å². The molecule has 4 rings (SSSR count). The number of rotatable bonds is 8. The number of benzene rings is 3. The number of nitro benzene ring substituents is 1. The van der Waals surface area contributed by atoms with Gasteiger partial charge in [-0.25, -0.2) is 4.98 Å². The number of carbonyl (C=O) groups excluding carboxylic acids is 1. The van der Waals surface area contributed by atoms with Gasteiger partial charge in [-0.1, -0.05) is 30.3 Å². The molecule has 1 amide bonds. The molecule has 0 radical (unpaired) electrons. The van der Waals surface area contributed by atoms with E-state index < -0.39 is 10.8 Å². The summed E-state index contributed by atoms with van der Waals surface area (Å²) in [5, 5.41) is 13.8. The Morgan fingerprint density at radius 1 is 1.06 bits per heavy atom. The van der Waals surface area contributed by atoms with Crippen LogP contribution in [0.1, 0.15) is 10.4 Å². The fourth-order valence-corrected chi connectivity index (χ4v) is 3.32. The number of hydrogen-bond acceptors (Lipinski definition) is 6. The van der Waals surface area contributed by atoms with E-state index in [4.69, 9.17) is 9.47 Å². The number of fused-ring (bicyclic) bond motifs is 1. The molecule has 0 saturated heterocycles. The van der Waals surface area contributed by atoms with Crippen LogP contribution in [0, 0.1) is 10.1 Å². The van der Waals surface area contributed by atoms with Crippen molar-refractivity contribution in [2.24, 2.45) is 0 Å². The molecule has 0 atom stereocenters. The van der Waals surface area contributed by atoms with Gasteiger partial charge in [-0.05, 0) is 30.3 Å². The first kappa shape index (κ1) is 20.9. The summed E-state index contributed by atoms with van der Waals surface area (Å²) in [6.07, 6.45) is 0. The molecule has 4 aromatic rings. The Morgan fingerprint density at radius 3 is 2.59 bits per heavy atom. The summed E-state index contributed by atoms with van der Waals surface area (Å²) in [6, 6.07) is 20.4. The lowest BCUT2D eigenvalue weighted by Crippen LogP contribution is -2.18. The van der Waals surface area contributed by atoms with Crippen molar-refractivity contribution in [1.29, 1.82) is 0 Å². The molecule has 3 aromatic carbocycles. The number of nitro groups is 1. The van der Waals surface area contributed by atoms with Crippen LogP contribution in [0.5, 0.6) is 11.5 Å². The van der Waals surface area contributed by atoms with Crippen LogP contribution < -0.4 is 14.8 Å². The molecule has 0 unspecified atom stereocenters. The van der Waals surface area contributed by atoms with E-state index in [-0.39, 0.29) is 11.3 Å². The van der Waals surface area contributed by atoms with Crippen molar-refractivity contribution in [1.82, 2.24) is 9.55 Å². The van der Waals surface area contributed by atoms with Gasteiger partial charge in [0.1, 0.15) is 6.61 Å². The van der Waals surface area contributed by atoms with Gasteiger partial charge >= 0.3 is 0 Å². The number of imidazole rings is 1. The fraction of sp³-hybridized carbons (Fsp3) is 0.130. The molecule has 0 aliphatic carbocycles. The van der Waals surface area contributed by atoms with Crippen molar-refractivity contribution < 1.29 is 19.2 Å². The second-order valence-corrected chi connectivity index (χ2v) is 6.84. The predicted molar refractivity (Wildman–Crippen MR) is 119 cm³/mol. The number of para-hydroxylation sites is 4. The third-order valence-corrected chi connectivity index (χ3v) is 4.84. The molecular weight excluding hydrogens is 412 g/mol. The van der Waals surface area contributed by atoms with E-state index in [0.717, 1.165) is 5.52 Å². The van der Waals surface area contributed by atoms with Crippen LogP contribution in [0.4, 0.5) is 11.6 Å². The lowest BCUT2D eigenvalue weighted by Gasteiger charge is -2.13. The van der Waals surface area contributed by atoms with Gasteiger partial charge in [0.2, 0.25) is 5.95 Å². The summed E-state index contributed by atoms with van der Waals surface area (Å²) < 4.78 is 13.0. The molecular formula is C23H20N4O5. The zero-order chi connectivity index (χ0) is 22.5.